The van der Waals surface area contributed by atoms with Gasteiger partial charge in [0.1, 0.15) is 0 Å². The van der Waals surface area contributed by atoms with E-state index in [4.69, 9.17) is 6.42 Å². The van der Waals surface area contributed by atoms with E-state index in [0.717, 1.165) is 6.54 Å². The normalized spacial score (nSPS) is 19.5. The van der Waals surface area contributed by atoms with Gasteiger partial charge in [0.2, 0.25) is 0 Å². The molecule has 2 rings (SSSR count). The van der Waals surface area contributed by atoms with Crippen LogP contribution in [0.4, 0.5) is 0 Å². The average molecular weight is 202 g/mol. The lowest BCUT2D eigenvalue weighted by Gasteiger charge is -2.34. The van der Waals surface area contributed by atoms with Crippen molar-refractivity contribution < 1.29 is 4.79 Å². The third kappa shape index (κ3) is 1.42. The Bertz CT molecular complexity index is 439. The summed E-state index contributed by atoms with van der Waals surface area (Å²) >= 11 is 0. The molecule has 1 aromatic rings. The maximum atomic E-state index is 11.5. The smallest absolute Gasteiger partial charge is 0.298 e. The Morgan fingerprint density at radius 1 is 1.53 bits per heavy atom. The van der Waals surface area contributed by atoms with E-state index in [1.807, 2.05) is 6.92 Å². The van der Waals surface area contributed by atoms with Gasteiger partial charge < -0.3 is 9.47 Å². The number of hydrogen-bond acceptors (Lipinski definition) is 1. The van der Waals surface area contributed by atoms with Crippen molar-refractivity contribution in [2.75, 3.05) is 6.54 Å². The minimum absolute atomic E-state index is 0.0796. The number of terminal acetylenes is 1. The molecule has 1 aliphatic heterocycles. The van der Waals surface area contributed by atoms with Crippen molar-refractivity contribution in [2.45, 2.75) is 26.4 Å². The first-order valence-electron chi connectivity index (χ1n) is 5.08. The molecule has 0 N–H and O–H groups in total. The van der Waals surface area contributed by atoms with E-state index in [9.17, 15) is 4.79 Å². The molecular formula is C12H14N2O. The Hall–Kier alpha value is -1.69. The van der Waals surface area contributed by atoms with Crippen LogP contribution < -0.4 is 0 Å². The maximum absolute atomic E-state index is 11.5. The summed E-state index contributed by atoms with van der Waals surface area (Å²) in [6.07, 6.45) is 5.14. The molecule has 3 nitrogen and oxygen atoms in total. The topological polar surface area (TPSA) is 25.2 Å². The summed E-state index contributed by atoms with van der Waals surface area (Å²) < 4.78 is 2.24. The molecule has 0 radical (unpaired) electrons. The largest absolute Gasteiger partial charge is 0.345 e. The number of carbonyl (C=O) groups is 1. The van der Waals surface area contributed by atoms with Gasteiger partial charge in [-0.05, 0) is 31.9 Å². The number of aromatic nitrogens is 1. The highest BCUT2D eigenvalue weighted by Gasteiger charge is 2.27. The molecule has 1 unspecified atom stereocenters. The van der Waals surface area contributed by atoms with E-state index in [1.54, 1.807) is 4.90 Å². The van der Waals surface area contributed by atoms with Gasteiger partial charge in [-0.3, -0.25) is 4.79 Å². The molecule has 1 atom stereocenters. The van der Waals surface area contributed by atoms with Gasteiger partial charge in [-0.1, -0.05) is 0 Å². The second kappa shape index (κ2) is 3.47. The number of fused-ring (bicyclic) bond motifs is 1. The van der Waals surface area contributed by atoms with Crippen molar-refractivity contribution in [3.05, 3.63) is 23.5 Å². The van der Waals surface area contributed by atoms with E-state index >= 15 is 0 Å². The van der Waals surface area contributed by atoms with Crippen molar-refractivity contribution in [1.29, 1.82) is 0 Å². The maximum Gasteiger partial charge on any atom is 0.298 e. The first kappa shape index (κ1) is 9.85. The summed E-state index contributed by atoms with van der Waals surface area (Å²) in [4.78, 5) is 13.2. The van der Waals surface area contributed by atoms with Gasteiger partial charge in [-0.15, -0.1) is 6.42 Å². The Kier molecular flexibility index (Phi) is 2.28. The van der Waals surface area contributed by atoms with Gasteiger partial charge >= 0.3 is 0 Å². The zero-order valence-corrected chi connectivity index (χ0v) is 9.03. The summed E-state index contributed by atoms with van der Waals surface area (Å²) in [5, 5.41) is 0. The summed E-state index contributed by atoms with van der Waals surface area (Å²) in [6.45, 7) is 5.63. The zero-order valence-electron chi connectivity index (χ0n) is 9.03. The minimum Gasteiger partial charge on any atom is -0.345 e. The molecule has 0 saturated carbocycles. The number of amides is 1. The number of aryl methyl sites for hydroxylation is 1. The van der Waals surface area contributed by atoms with Crippen LogP contribution in [0.5, 0.6) is 0 Å². The molecule has 15 heavy (non-hydrogen) atoms. The highest BCUT2D eigenvalue weighted by Crippen LogP contribution is 2.26. The number of carbonyl (C=O) groups excluding carboxylic acids is 1. The van der Waals surface area contributed by atoms with Crippen LogP contribution in [0.2, 0.25) is 0 Å². The Labute approximate surface area is 89.7 Å². The third-order valence-electron chi connectivity index (χ3n) is 3.08. The predicted molar refractivity (Wildman–Crippen MR) is 58.1 cm³/mol. The number of nitrogens with zero attached hydrogens (tertiary/aromatic N) is 2. The number of hydrogen-bond donors (Lipinski definition) is 0. The molecule has 0 saturated heterocycles. The summed E-state index contributed by atoms with van der Waals surface area (Å²) in [6, 6.07) is 4.22. The fraction of sp³-hybridized carbons (Fsp3) is 0.417. The lowest BCUT2D eigenvalue weighted by molar-refractivity contribution is -0.128. The minimum atomic E-state index is -0.215. The highest BCUT2D eigenvalue weighted by molar-refractivity contribution is 5.93. The summed E-state index contributed by atoms with van der Waals surface area (Å²) in [5.74, 6) is 1.97. The van der Waals surface area contributed by atoms with Crippen LogP contribution in [-0.2, 0) is 11.3 Å². The fourth-order valence-corrected chi connectivity index (χ4v) is 2.18. The molecule has 0 bridgehead atoms. The van der Waals surface area contributed by atoms with Gasteiger partial charge in [0, 0.05) is 24.5 Å². The molecule has 3 heteroatoms. The second-order valence-electron chi connectivity index (χ2n) is 3.87. The molecule has 0 aliphatic carbocycles. The van der Waals surface area contributed by atoms with Crippen LogP contribution >= 0.6 is 0 Å². The van der Waals surface area contributed by atoms with Crippen LogP contribution in [-0.4, -0.2) is 21.9 Å². The Morgan fingerprint density at radius 3 is 2.93 bits per heavy atom. The van der Waals surface area contributed by atoms with Crippen molar-refractivity contribution in [3.8, 4) is 12.3 Å². The van der Waals surface area contributed by atoms with Crippen LogP contribution in [0.15, 0.2) is 12.1 Å². The average Bonchev–Trinajstić information content (AvgIpc) is 2.61. The van der Waals surface area contributed by atoms with E-state index in [-0.39, 0.29) is 11.9 Å². The van der Waals surface area contributed by atoms with Crippen LogP contribution in [0.25, 0.3) is 0 Å². The molecule has 0 spiro atoms. The number of rotatable bonds is 0. The van der Waals surface area contributed by atoms with Crippen molar-refractivity contribution in [3.63, 3.8) is 0 Å². The third-order valence-corrected chi connectivity index (χ3v) is 3.08. The molecule has 78 valence electrons. The summed E-state index contributed by atoms with van der Waals surface area (Å²) in [5.41, 5.74) is 2.41. The Morgan fingerprint density at radius 2 is 2.27 bits per heavy atom. The molecule has 0 fully saturated rings. The highest BCUT2D eigenvalue weighted by atomic mass is 16.2. The van der Waals surface area contributed by atoms with E-state index < -0.39 is 0 Å². The quantitative estimate of drug-likeness (QED) is 0.583. The zero-order chi connectivity index (χ0) is 11.0. The SMILES string of the molecule is C#CC(=O)N1CCn2c(C)ccc2C1C. The standard InChI is InChI=1S/C12H14N2O/c1-4-12(15)14-8-7-13-9(2)5-6-11(13)10(14)3/h1,5-6,10H,7-8H2,2-3H3. The van der Waals surface area contributed by atoms with Gasteiger partial charge in [-0.25, -0.2) is 0 Å². The molecule has 1 aromatic heterocycles. The van der Waals surface area contributed by atoms with E-state index in [2.05, 4.69) is 29.5 Å². The van der Waals surface area contributed by atoms with Crippen molar-refractivity contribution >= 4 is 5.91 Å². The van der Waals surface area contributed by atoms with Crippen molar-refractivity contribution in [2.24, 2.45) is 0 Å². The molecule has 1 aliphatic rings. The van der Waals surface area contributed by atoms with E-state index in [1.165, 1.54) is 11.4 Å². The first-order chi connectivity index (χ1) is 7.15. The molecule has 2 heterocycles. The van der Waals surface area contributed by atoms with Crippen LogP contribution in [0, 0.1) is 19.3 Å². The fourth-order valence-electron chi connectivity index (χ4n) is 2.18. The van der Waals surface area contributed by atoms with E-state index in [0.29, 0.717) is 6.54 Å². The Balaban J connectivity index is 2.35. The molecule has 1 amide bonds. The van der Waals surface area contributed by atoms with Gasteiger partial charge in [0.15, 0.2) is 0 Å². The predicted octanol–water partition coefficient (Wildman–Crippen LogP) is 1.33. The lowest BCUT2D eigenvalue weighted by Crippen LogP contribution is -2.40. The molecular weight excluding hydrogens is 188 g/mol. The van der Waals surface area contributed by atoms with Gasteiger partial charge in [0.05, 0.1) is 6.04 Å². The van der Waals surface area contributed by atoms with Crippen molar-refractivity contribution in [1.82, 2.24) is 9.47 Å². The monoisotopic (exact) mass is 202 g/mol. The second-order valence-corrected chi connectivity index (χ2v) is 3.87. The van der Waals surface area contributed by atoms with Gasteiger partial charge in [-0.2, -0.15) is 0 Å². The first-order valence-corrected chi connectivity index (χ1v) is 5.08. The van der Waals surface area contributed by atoms with Crippen LogP contribution in [0.1, 0.15) is 24.4 Å². The lowest BCUT2D eigenvalue weighted by atomic mass is 10.1. The van der Waals surface area contributed by atoms with Crippen LogP contribution in [0.3, 0.4) is 0 Å². The molecule has 0 aromatic carbocycles. The summed E-state index contributed by atoms with van der Waals surface area (Å²) in [7, 11) is 0. The van der Waals surface area contributed by atoms with Gasteiger partial charge in [0.25, 0.3) is 5.91 Å².